The first kappa shape index (κ1) is 13.7. The molecule has 20 heavy (non-hydrogen) atoms. The third-order valence-corrected chi connectivity index (χ3v) is 2.70. The molecule has 0 atom stereocenters. The topological polar surface area (TPSA) is 77.3 Å². The number of amides is 1. The van der Waals surface area contributed by atoms with Crippen LogP contribution in [0.3, 0.4) is 0 Å². The Kier molecular flexibility index (Phi) is 4.09. The van der Waals surface area contributed by atoms with Gasteiger partial charge in [-0.05, 0) is 12.1 Å². The summed E-state index contributed by atoms with van der Waals surface area (Å²) in [6.07, 6.45) is 6.48. The molecule has 0 N–H and O–H groups in total. The van der Waals surface area contributed by atoms with Crippen LogP contribution in [0.4, 0.5) is 0 Å². The fourth-order valence-electron chi connectivity index (χ4n) is 1.61. The number of carbonyl (C=O) groups is 2. The number of nitrogens with zero attached hydrogens (tertiary/aromatic N) is 4. The Labute approximate surface area is 115 Å². The van der Waals surface area contributed by atoms with Crippen LogP contribution in [0, 0.1) is 0 Å². The fourth-order valence-corrected chi connectivity index (χ4v) is 1.61. The van der Waals surface area contributed by atoms with Crippen molar-refractivity contribution >= 4 is 11.9 Å². The van der Waals surface area contributed by atoms with Gasteiger partial charge in [-0.15, -0.1) is 0 Å². The number of imidazole rings is 1. The number of aromatic nitrogens is 3. The highest BCUT2D eigenvalue weighted by atomic mass is 16.5. The molecule has 7 heteroatoms. The molecule has 2 aromatic heterocycles. The Balaban J connectivity index is 2.09. The molecule has 0 spiro atoms. The summed E-state index contributed by atoms with van der Waals surface area (Å²) < 4.78 is 6.24. The number of methoxy groups -OCH3 is 1. The van der Waals surface area contributed by atoms with Gasteiger partial charge >= 0.3 is 5.97 Å². The zero-order valence-corrected chi connectivity index (χ0v) is 11.2. The van der Waals surface area contributed by atoms with E-state index >= 15 is 0 Å². The van der Waals surface area contributed by atoms with Crippen molar-refractivity contribution in [2.75, 3.05) is 20.7 Å². The van der Waals surface area contributed by atoms with E-state index in [1.165, 1.54) is 25.3 Å². The zero-order chi connectivity index (χ0) is 14.5. The van der Waals surface area contributed by atoms with E-state index in [2.05, 4.69) is 14.7 Å². The van der Waals surface area contributed by atoms with Crippen LogP contribution in [-0.2, 0) is 9.53 Å². The number of carbonyl (C=O) groups excluding carboxylic acids is 2. The second-order valence-corrected chi connectivity index (χ2v) is 4.11. The summed E-state index contributed by atoms with van der Waals surface area (Å²) in [7, 11) is 2.81. The molecular formula is C13H14N4O3. The van der Waals surface area contributed by atoms with Crippen LogP contribution in [0.15, 0.2) is 37.1 Å². The third kappa shape index (κ3) is 3.00. The van der Waals surface area contributed by atoms with Crippen LogP contribution in [0.5, 0.6) is 0 Å². The van der Waals surface area contributed by atoms with Gasteiger partial charge in [0.25, 0.3) is 5.91 Å². The normalized spacial score (nSPS) is 10.1. The molecule has 0 aliphatic rings. The van der Waals surface area contributed by atoms with Gasteiger partial charge in [0.15, 0.2) is 0 Å². The highest BCUT2D eigenvalue weighted by Crippen LogP contribution is 2.07. The van der Waals surface area contributed by atoms with Gasteiger partial charge in [-0.3, -0.25) is 14.2 Å². The van der Waals surface area contributed by atoms with E-state index in [-0.39, 0.29) is 12.5 Å². The SMILES string of the molecule is COC(=O)CN(C)C(=O)c1ccc(-n2ccnc2)nc1. The van der Waals surface area contributed by atoms with Gasteiger partial charge in [0.05, 0.1) is 12.7 Å². The summed E-state index contributed by atoms with van der Waals surface area (Å²) in [5.74, 6) is -0.0985. The molecule has 104 valence electrons. The van der Waals surface area contributed by atoms with Crippen molar-refractivity contribution < 1.29 is 14.3 Å². The van der Waals surface area contributed by atoms with Crippen LogP contribution < -0.4 is 0 Å². The Morgan fingerprint density at radius 1 is 1.40 bits per heavy atom. The Morgan fingerprint density at radius 3 is 2.75 bits per heavy atom. The lowest BCUT2D eigenvalue weighted by Crippen LogP contribution is -2.32. The predicted octanol–water partition coefficient (Wildman–Crippen LogP) is 0.512. The Hall–Kier alpha value is -2.70. The molecule has 0 saturated heterocycles. The molecule has 0 aliphatic carbocycles. The number of hydrogen-bond donors (Lipinski definition) is 0. The van der Waals surface area contributed by atoms with Gasteiger partial charge in [0.1, 0.15) is 18.7 Å². The average molecular weight is 274 g/mol. The quantitative estimate of drug-likeness (QED) is 0.759. The molecule has 0 unspecified atom stereocenters. The summed E-state index contributed by atoms with van der Waals surface area (Å²) in [5.41, 5.74) is 0.403. The van der Waals surface area contributed by atoms with Gasteiger partial charge < -0.3 is 9.64 Å². The summed E-state index contributed by atoms with van der Waals surface area (Å²) in [6.45, 7) is -0.0986. The molecule has 2 heterocycles. The molecule has 0 bridgehead atoms. The van der Waals surface area contributed by atoms with Crippen LogP contribution >= 0.6 is 0 Å². The molecule has 1 amide bonds. The van der Waals surface area contributed by atoms with E-state index in [1.807, 2.05) is 0 Å². The van der Waals surface area contributed by atoms with Crippen molar-refractivity contribution in [1.29, 1.82) is 0 Å². The smallest absolute Gasteiger partial charge is 0.325 e. The maximum Gasteiger partial charge on any atom is 0.325 e. The van der Waals surface area contributed by atoms with E-state index < -0.39 is 5.97 Å². The number of pyridine rings is 1. The lowest BCUT2D eigenvalue weighted by atomic mass is 10.2. The molecule has 2 rings (SSSR count). The van der Waals surface area contributed by atoms with Gasteiger partial charge in [0, 0.05) is 25.6 Å². The Bertz CT molecular complexity index is 593. The van der Waals surface area contributed by atoms with Crippen molar-refractivity contribution in [3.8, 4) is 5.82 Å². The fraction of sp³-hybridized carbons (Fsp3) is 0.231. The van der Waals surface area contributed by atoms with Crippen LogP contribution in [0.25, 0.3) is 5.82 Å². The molecular weight excluding hydrogens is 260 g/mol. The predicted molar refractivity (Wildman–Crippen MR) is 70.3 cm³/mol. The monoisotopic (exact) mass is 274 g/mol. The number of ether oxygens (including phenoxy) is 1. The first-order valence-electron chi connectivity index (χ1n) is 5.88. The number of esters is 1. The minimum Gasteiger partial charge on any atom is -0.468 e. The van der Waals surface area contributed by atoms with Gasteiger partial charge in [-0.1, -0.05) is 0 Å². The minimum absolute atomic E-state index is 0.0986. The number of rotatable bonds is 4. The van der Waals surface area contributed by atoms with Crippen molar-refractivity contribution in [1.82, 2.24) is 19.4 Å². The molecule has 2 aromatic rings. The summed E-state index contributed by atoms with van der Waals surface area (Å²) in [4.78, 5) is 32.6. The second kappa shape index (κ2) is 5.96. The van der Waals surface area contributed by atoms with Crippen molar-refractivity contribution in [3.05, 3.63) is 42.6 Å². The molecule has 0 radical (unpaired) electrons. The Morgan fingerprint density at radius 2 is 2.20 bits per heavy atom. The highest BCUT2D eigenvalue weighted by Gasteiger charge is 2.15. The van der Waals surface area contributed by atoms with E-state index in [0.717, 1.165) is 0 Å². The van der Waals surface area contributed by atoms with E-state index in [0.29, 0.717) is 11.4 Å². The number of hydrogen-bond acceptors (Lipinski definition) is 5. The largest absolute Gasteiger partial charge is 0.468 e. The molecule has 0 saturated carbocycles. The zero-order valence-electron chi connectivity index (χ0n) is 11.2. The lowest BCUT2D eigenvalue weighted by molar-refractivity contribution is -0.141. The van der Waals surface area contributed by atoms with Gasteiger partial charge in [-0.2, -0.15) is 0 Å². The van der Waals surface area contributed by atoms with Crippen molar-refractivity contribution in [2.45, 2.75) is 0 Å². The van der Waals surface area contributed by atoms with Crippen molar-refractivity contribution in [3.63, 3.8) is 0 Å². The third-order valence-electron chi connectivity index (χ3n) is 2.70. The van der Waals surface area contributed by atoms with Crippen molar-refractivity contribution in [2.24, 2.45) is 0 Å². The molecule has 0 aromatic carbocycles. The minimum atomic E-state index is -0.469. The molecule has 0 aliphatic heterocycles. The highest BCUT2D eigenvalue weighted by molar-refractivity contribution is 5.95. The first-order valence-corrected chi connectivity index (χ1v) is 5.88. The summed E-state index contributed by atoms with van der Waals surface area (Å²) >= 11 is 0. The van der Waals surface area contributed by atoms with Gasteiger partial charge in [0.2, 0.25) is 0 Å². The lowest BCUT2D eigenvalue weighted by Gasteiger charge is -2.15. The van der Waals surface area contributed by atoms with Crippen LogP contribution in [0.2, 0.25) is 0 Å². The number of likely N-dealkylation sites (N-methyl/N-ethyl adjacent to an activating group) is 1. The maximum absolute atomic E-state index is 12.1. The molecule has 7 nitrogen and oxygen atoms in total. The first-order chi connectivity index (χ1) is 9.61. The maximum atomic E-state index is 12.1. The van der Waals surface area contributed by atoms with E-state index in [4.69, 9.17) is 0 Å². The van der Waals surface area contributed by atoms with Gasteiger partial charge in [-0.25, -0.2) is 9.97 Å². The van der Waals surface area contributed by atoms with Crippen LogP contribution in [0.1, 0.15) is 10.4 Å². The summed E-state index contributed by atoms with van der Waals surface area (Å²) in [6, 6.07) is 3.36. The van der Waals surface area contributed by atoms with E-state index in [9.17, 15) is 9.59 Å². The van der Waals surface area contributed by atoms with Crippen LogP contribution in [-0.4, -0.2) is 52.0 Å². The molecule has 0 fully saturated rings. The standard InChI is InChI=1S/C13H14N4O3/c1-16(8-12(18)20-2)13(19)10-3-4-11(15-7-10)17-6-5-14-9-17/h3-7,9H,8H2,1-2H3. The average Bonchev–Trinajstić information content (AvgIpc) is 3.00. The second-order valence-electron chi connectivity index (χ2n) is 4.11. The summed E-state index contributed by atoms with van der Waals surface area (Å²) in [5, 5.41) is 0. The van der Waals surface area contributed by atoms with E-state index in [1.54, 1.807) is 35.4 Å².